The van der Waals surface area contributed by atoms with Gasteiger partial charge in [0, 0.05) is 38.2 Å². The smallest absolute Gasteiger partial charge is 0.253 e. The Bertz CT molecular complexity index is 708. The van der Waals surface area contributed by atoms with Crippen molar-refractivity contribution >= 4 is 18.3 Å². The minimum absolute atomic E-state index is 0. The number of benzene rings is 1. The zero-order valence-electron chi connectivity index (χ0n) is 13.8. The third kappa shape index (κ3) is 4.12. The summed E-state index contributed by atoms with van der Waals surface area (Å²) in [4.78, 5) is 16.7. The molecule has 0 bridgehead atoms. The summed E-state index contributed by atoms with van der Waals surface area (Å²) in [5.74, 6) is -0.122. The van der Waals surface area contributed by atoms with Crippen molar-refractivity contribution in [2.24, 2.45) is 0 Å². The first kappa shape index (κ1) is 18.4. The van der Waals surface area contributed by atoms with Gasteiger partial charge in [0.1, 0.15) is 0 Å². The van der Waals surface area contributed by atoms with Crippen molar-refractivity contribution in [3.63, 3.8) is 0 Å². The average molecular weight is 348 g/mol. The fourth-order valence-electron chi connectivity index (χ4n) is 2.84. The van der Waals surface area contributed by atoms with E-state index >= 15 is 0 Å². The molecule has 2 aromatic rings. The maximum atomic E-state index is 12.5. The molecule has 6 heteroatoms. The van der Waals surface area contributed by atoms with Crippen molar-refractivity contribution in [3.05, 3.63) is 53.9 Å². The minimum atomic E-state index is -0.122. The molecule has 24 heavy (non-hydrogen) atoms. The first-order chi connectivity index (χ1) is 11.2. The van der Waals surface area contributed by atoms with E-state index in [1.165, 1.54) is 5.56 Å². The average Bonchev–Trinajstić information content (AvgIpc) is 3.02. The van der Waals surface area contributed by atoms with Crippen molar-refractivity contribution < 1.29 is 9.53 Å². The SMILES string of the molecule is CO[C@H]1CNCC1NC(=O)c1cncc(-c2cccc(C)c2)c1.Cl. The van der Waals surface area contributed by atoms with E-state index in [9.17, 15) is 4.79 Å². The maximum Gasteiger partial charge on any atom is 0.253 e. The van der Waals surface area contributed by atoms with Gasteiger partial charge in [0.2, 0.25) is 0 Å². The van der Waals surface area contributed by atoms with Gasteiger partial charge in [-0.25, -0.2) is 0 Å². The zero-order valence-corrected chi connectivity index (χ0v) is 14.6. The molecule has 2 heterocycles. The van der Waals surface area contributed by atoms with Crippen molar-refractivity contribution in [2.75, 3.05) is 20.2 Å². The van der Waals surface area contributed by atoms with Crippen molar-refractivity contribution in [2.45, 2.75) is 19.1 Å². The number of aryl methyl sites for hydroxylation is 1. The highest BCUT2D eigenvalue weighted by Gasteiger charge is 2.28. The van der Waals surface area contributed by atoms with Crippen LogP contribution in [0.5, 0.6) is 0 Å². The molecule has 5 nitrogen and oxygen atoms in total. The highest BCUT2D eigenvalue weighted by Crippen LogP contribution is 2.20. The lowest BCUT2D eigenvalue weighted by Gasteiger charge is -2.18. The fraction of sp³-hybridized carbons (Fsp3) is 0.333. The highest BCUT2D eigenvalue weighted by molar-refractivity contribution is 5.95. The van der Waals surface area contributed by atoms with Crippen LogP contribution in [0.2, 0.25) is 0 Å². The number of pyridine rings is 1. The van der Waals surface area contributed by atoms with E-state index in [2.05, 4.69) is 21.7 Å². The molecule has 0 aliphatic carbocycles. The number of hydrogen-bond donors (Lipinski definition) is 2. The highest BCUT2D eigenvalue weighted by atomic mass is 35.5. The Morgan fingerprint density at radius 1 is 1.25 bits per heavy atom. The lowest BCUT2D eigenvalue weighted by Crippen LogP contribution is -2.43. The molecule has 1 aromatic heterocycles. The van der Waals surface area contributed by atoms with Crippen LogP contribution in [0.3, 0.4) is 0 Å². The number of carbonyl (C=O) groups excluding carboxylic acids is 1. The van der Waals surface area contributed by atoms with Crippen LogP contribution in [0.1, 0.15) is 15.9 Å². The number of hydrogen-bond acceptors (Lipinski definition) is 4. The number of halogens is 1. The maximum absolute atomic E-state index is 12.5. The fourth-order valence-corrected chi connectivity index (χ4v) is 2.84. The predicted molar refractivity (Wildman–Crippen MR) is 96.6 cm³/mol. The number of rotatable bonds is 4. The van der Waals surface area contributed by atoms with E-state index in [4.69, 9.17) is 4.74 Å². The molecule has 0 radical (unpaired) electrons. The molecule has 1 aliphatic heterocycles. The van der Waals surface area contributed by atoms with Crippen LogP contribution in [-0.2, 0) is 4.74 Å². The molecule has 1 fully saturated rings. The molecule has 1 aromatic carbocycles. The summed E-state index contributed by atoms with van der Waals surface area (Å²) in [6.45, 7) is 3.52. The molecule has 1 aliphatic rings. The van der Waals surface area contributed by atoms with E-state index < -0.39 is 0 Å². The number of nitrogens with one attached hydrogen (secondary N) is 2. The van der Waals surface area contributed by atoms with Crippen LogP contribution in [-0.4, -0.2) is 43.2 Å². The number of methoxy groups -OCH3 is 1. The quantitative estimate of drug-likeness (QED) is 0.890. The summed E-state index contributed by atoms with van der Waals surface area (Å²) < 4.78 is 5.37. The molecular formula is C18H22ClN3O2. The second-order valence-electron chi connectivity index (χ2n) is 5.84. The Labute approximate surface area is 148 Å². The first-order valence-corrected chi connectivity index (χ1v) is 7.74. The Morgan fingerprint density at radius 2 is 2.08 bits per heavy atom. The van der Waals surface area contributed by atoms with Gasteiger partial charge in [-0.3, -0.25) is 9.78 Å². The molecule has 2 N–H and O–H groups in total. The largest absolute Gasteiger partial charge is 0.378 e. The van der Waals surface area contributed by atoms with E-state index in [0.717, 1.165) is 24.2 Å². The van der Waals surface area contributed by atoms with Crippen molar-refractivity contribution in [3.8, 4) is 11.1 Å². The number of aromatic nitrogens is 1. The third-order valence-electron chi connectivity index (χ3n) is 4.13. The van der Waals surface area contributed by atoms with E-state index in [-0.39, 0.29) is 30.5 Å². The summed E-state index contributed by atoms with van der Waals surface area (Å²) in [5, 5.41) is 6.24. The van der Waals surface area contributed by atoms with Crippen LogP contribution in [0, 0.1) is 6.92 Å². The van der Waals surface area contributed by atoms with E-state index in [1.807, 2.05) is 31.2 Å². The molecule has 1 unspecified atom stereocenters. The summed E-state index contributed by atoms with van der Waals surface area (Å²) in [7, 11) is 1.66. The van der Waals surface area contributed by atoms with Crippen LogP contribution in [0.25, 0.3) is 11.1 Å². The van der Waals surface area contributed by atoms with Crippen LogP contribution in [0.4, 0.5) is 0 Å². The lowest BCUT2D eigenvalue weighted by molar-refractivity contribution is 0.0779. The predicted octanol–water partition coefficient (Wildman–Crippen LogP) is 2.20. The van der Waals surface area contributed by atoms with Crippen molar-refractivity contribution in [1.82, 2.24) is 15.6 Å². The molecule has 0 spiro atoms. The molecule has 1 amide bonds. The molecule has 0 saturated carbocycles. The van der Waals surface area contributed by atoms with Crippen LogP contribution < -0.4 is 10.6 Å². The lowest BCUT2D eigenvalue weighted by atomic mass is 10.0. The summed E-state index contributed by atoms with van der Waals surface area (Å²) >= 11 is 0. The van der Waals surface area contributed by atoms with E-state index in [0.29, 0.717) is 5.56 Å². The minimum Gasteiger partial charge on any atom is -0.378 e. The first-order valence-electron chi connectivity index (χ1n) is 7.74. The van der Waals surface area contributed by atoms with Gasteiger partial charge < -0.3 is 15.4 Å². The second-order valence-corrected chi connectivity index (χ2v) is 5.84. The summed E-state index contributed by atoms with van der Waals surface area (Å²) in [5.41, 5.74) is 3.74. The normalized spacial score (nSPS) is 19.6. The Hall–Kier alpha value is -1.95. The van der Waals surface area contributed by atoms with Crippen LogP contribution >= 0.6 is 12.4 Å². The van der Waals surface area contributed by atoms with E-state index in [1.54, 1.807) is 19.5 Å². The van der Waals surface area contributed by atoms with Gasteiger partial charge in [-0.1, -0.05) is 29.8 Å². The number of amides is 1. The zero-order chi connectivity index (χ0) is 16.2. The summed E-state index contributed by atoms with van der Waals surface area (Å²) in [6, 6.07) is 10.0. The van der Waals surface area contributed by atoms with Gasteiger partial charge >= 0.3 is 0 Å². The van der Waals surface area contributed by atoms with Gasteiger partial charge in [0.25, 0.3) is 5.91 Å². The van der Waals surface area contributed by atoms with Gasteiger partial charge in [-0.15, -0.1) is 12.4 Å². The molecular weight excluding hydrogens is 326 g/mol. The Morgan fingerprint density at radius 3 is 2.83 bits per heavy atom. The number of ether oxygens (including phenoxy) is 1. The molecule has 128 valence electrons. The second kappa shape index (κ2) is 8.24. The molecule has 3 rings (SSSR count). The van der Waals surface area contributed by atoms with Gasteiger partial charge in [0.05, 0.1) is 17.7 Å². The Balaban J connectivity index is 0.00000208. The summed E-state index contributed by atoms with van der Waals surface area (Å²) in [6.07, 6.45) is 3.38. The third-order valence-corrected chi connectivity index (χ3v) is 4.13. The number of nitrogens with zero attached hydrogens (tertiary/aromatic N) is 1. The molecule has 1 saturated heterocycles. The monoisotopic (exact) mass is 347 g/mol. The number of carbonyl (C=O) groups is 1. The molecule has 2 atom stereocenters. The van der Waals surface area contributed by atoms with Gasteiger partial charge in [-0.2, -0.15) is 0 Å². The standard InChI is InChI=1S/C18H21N3O2.ClH/c1-12-4-3-5-13(6-12)14-7-15(9-19-8-14)18(22)21-16-10-20-11-17(16)23-2;/h3-9,16-17,20H,10-11H2,1-2H3,(H,21,22);1H/t16?,17-;/m0./s1. The Kier molecular flexibility index (Phi) is 6.31. The van der Waals surface area contributed by atoms with Gasteiger partial charge in [-0.05, 0) is 18.6 Å². The van der Waals surface area contributed by atoms with Crippen molar-refractivity contribution in [1.29, 1.82) is 0 Å². The van der Waals surface area contributed by atoms with Gasteiger partial charge in [0.15, 0.2) is 0 Å². The van der Waals surface area contributed by atoms with Crippen LogP contribution in [0.15, 0.2) is 42.7 Å². The topological polar surface area (TPSA) is 63.2 Å².